The number of anilines is 3. The van der Waals surface area contributed by atoms with Gasteiger partial charge in [0.1, 0.15) is 23.8 Å². The van der Waals surface area contributed by atoms with Crippen LogP contribution >= 0.6 is 0 Å². The van der Waals surface area contributed by atoms with Crippen molar-refractivity contribution in [3.8, 4) is 11.1 Å². The van der Waals surface area contributed by atoms with Crippen LogP contribution in [0.25, 0.3) is 11.1 Å². The second-order valence-electron chi connectivity index (χ2n) is 12.5. The van der Waals surface area contributed by atoms with Crippen molar-refractivity contribution in [3.63, 3.8) is 0 Å². The maximum Gasteiger partial charge on any atom is 0.302 e. The van der Waals surface area contributed by atoms with E-state index in [2.05, 4.69) is 19.9 Å². The third kappa shape index (κ3) is 5.51. The lowest BCUT2D eigenvalue weighted by Gasteiger charge is -2.32. The van der Waals surface area contributed by atoms with Crippen LogP contribution in [0.15, 0.2) is 41.3 Å². The highest BCUT2D eigenvalue weighted by atomic mass is 19.1. The molecule has 1 saturated heterocycles. The first-order chi connectivity index (χ1) is 22.2. The molecule has 3 aliphatic rings. The van der Waals surface area contributed by atoms with Crippen LogP contribution in [0.1, 0.15) is 59.2 Å². The van der Waals surface area contributed by atoms with Crippen LogP contribution in [0.2, 0.25) is 0 Å². The lowest BCUT2D eigenvalue weighted by Crippen LogP contribution is -2.41. The Kier molecular flexibility index (Phi) is 7.75. The zero-order valence-electron chi connectivity index (χ0n) is 26.4. The summed E-state index contributed by atoms with van der Waals surface area (Å²) in [6.45, 7) is 4.96. The standard InChI is InChI=1S/C34H38FN7O4/c1-21(43)46-20-27-26(15-24(35)16-30(27)42-12-11-41-29-8-5-4-7-22(29)14-31(41)34(42)45)23-13-28(33(44)38(2)18-23)36-32-17-25(39(3)37-32)19-40-9-6-10-40/h13-18H,4-12,19-20H2,1-3H3,(H,36,37). The highest BCUT2D eigenvalue weighted by molar-refractivity contribution is 6.07. The SMILES string of the molecule is CC(=O)OCc1c(-c2cc(Nc3cc(CN4CCC4)n(C)n3)c(=O)n(C)c2)cc(F)cc1N1CCn2c(cc3c2CCCC3)C1=O. The van der Waals surface area contributed by atoms with E-state index in [-0.39, 0.29) is 23.8 Å². The molecule has 0 bridgehead atoms. The number of amides is 1. The van der Waals surface area contributed by atoms with Crippen molar-refractivity contribution < 1.29 is 18.7 Å². The lowest BCUT2D eigenvalue weighted by atomic mass is 9.97. The first-order valence-electron chi connectivity index (χ1n) is 15.9. The molecule has 0 saturated carbocycles. The van der Waals surface area contributed by atoms with Gasteiger partial charge in [-0.3, -0.25) is 24.0 Å². The third-order valence-electron chi connectivity index (χ3n) is 9.39. The first kappa shape index (κ1) is 30.0. The van der Waals surface area contributed by atoms with Crippen LogP contribution in [0.5, 0.6) is 0 Å². The molecular weight excluding hydrogens is 589 g/mol. The second-order valence-corrected chi connectivity index (χ2v) is 12.5. The molecule has 46 heavy (non-hydrogen) atoms. The van der Waals surface area contributed by atoms with E-state index in [9.17, 15) is 14.4 Å². The van der Waals surface area contributed by atoms with Gasteiger partial charge in [-0.05, 0) is 80.6 Å². The Morgan fingerprint density at radius 2 is 1.80 bits per heavy atom. The molecule has 4 aromatic rings. The fraction of sp³-hybridized carbons (Fsp3) is 0.412. The number of carbonyl (C=O) groups excluding carboxylic acids is 2. The Morgan fingerprint density at radius 1 is 1.00 bits per heavy atom. The smallest absolute Gasteiger partial charge is 0.302 e. The summed E-state index contributed by atoms with van der Waals surface area (Å²) in [6, 6.07) is 8.24. The molecule has 5 heterocycles. The molecule has 240 valence electrons. The van der Waals surface area contributed by atoms with E-state index in [0.717, 1.165) is 51.0 Å². The van der Waals surface area contributed by atoms with Crippen LogP contribution < -0.4 is 15.8 Å². The predicted octanol–water partition coefficient (Wildman–Crippen LogP) is 4.28. The fourth-order valence-corrected chi connectivity index (χ4v) is 6.88. The zero-order chi connectivity index (χ0) is 32.1. The van der Waals surface area contributed by atoms with E-state index in [0.29, 0.717) is 47.0 Å². The number of hydrogen-bond donors (Lipinski definition) is 1. The van der Waals surface area contributed by atoms with Gasteiger partial charge >= 0.3 is 5.97 Å². The van der Waals surface area contributed by atoms with Crippen LogP contribution in [-0.2, 0) is 56.2 Å². The maximum absolute atomic E-state index is 15.5. The van der Waals surface area contributed by atoms with E-state index in [1.807, 2.05) is 19.2 Å². The number of aryl methyl sites for hydroxylation is 3. The van der Waals surface area contributed by atoms with Crippen molar-refractivity contribution in [2.24, 2.45) is 14.1 Å². The largest absolute Gasteiger partial charge is 0.461 e. The van der Waals surface area contributed by atoms with E-state index >= 15 is 4.39 Å². The normalized spacial score (nSPS) is 16.2. The summed E-state index contributed by atoms with van der Waals surface area (Å²) in [5, 5.41) is 7.73. The molecule has 1 amide bonds. The molecule has 12 heteroatoms. The van der Waals surface area contributed by atoms with Gasteiger partial charge in [-0.25, -0.2) is 4.39 Å². The minimum Gasteiger partial charge on any atom is -0.461 e. The number of nitrogens with one attached hydrogen (secondary N) is 1. The molecule has 7 rings (SSSR count). The quantitative estimate of drug-likeness (QED) is 0.291. The molecule has 0 spiro atoms. The van der Waals surface area contributed by atoms with E-state index in [4.69, 9.17) is 4.74 Å². The van der Waals surface area contributed by atoms with Crippen LogP contribution in [0.4, 0.5) is 21.6 Å². The number of benzene rings is 1. The number of ether oxygens (including phenoxy) is 1. The van der Waals surface area contributed by atoms with E-state index in [1.165, 1.54) is 41.3 Å². The minimum absolute atomic E-state index is 0.173. The maximum atomic E-state index is 15.5. The molecule has 0 radical (unpaired) electrons. The second kappa shape index (κ2) is 11.9. The van der Waals surface area contributed by atoms with Gasteiger partial charge in [-0.15, -0.1) is 0 Å². The van der Waals surface area contributed by atoms with E-state index < -0.39 is 11.8 Å². The molecule has 0 unspecified atom stereocenters. The Labute approximate surface area is 266 Å². The number of rotatable bonds is 8. The molecule has 3 aromatic heterocycles. The summed E-state index contributed by atoms with van der Waals surface area (Å²) in [6.07, 6.45) is 6.91. The molecule has 1 fully saturated rings. The Hall–Kier alpha value is -4.71. The average molecular weight is 628 g/mol. The number of aromatic nitrogens is 4. The number of carbonyl (C=O) groups is 2. The zero-order valence-corrected chi connectivity index (χ0v) is 26.4. The van der Waals surface area contributed by atoms with Crippen LogP contribution in [-0.4, -0.2) is 55.3 Å². The van der Waals surface area contributed by atoms with Gasteiger partial charge in [-0.1, -0.05) is 0 Å². The topological polar surface area (TPSA) is 107 Å². The van der Waals surface area contributed by atoms with Crippen molar-refractivity contribution in [1.82, 2.24) is 23.8 Å². The fourth-order valence-electron chi connectivity index (χ4n) is 6.88. The third-order valence-corrected chi connectivity index (χ3v) is 9.39. The number of halogens is 1. The Bertz CT molecular complexity index is 1920. The van der Waals surface area contributed by atoms with Gasteiger partial charge in [0.25, 0.3) is 11.5 Å². The van der Waals surface area contributed by atoms with Gasteiger partial charge in [0, 0.05) is 69.7 Å². The molecule has 0 atom stereocenters. The lowest BCUT2D eigenvalue weighted by molar-refractivity contribution is -0.142. The summed E-state index contributed by atoms with van der Waals surface area (Å²) >= 11 is 0. The van der Waals surface area contributed by atoms with Crippen molar-refractivity contribution in [1.29, 1.82) is 0 Å². The summed E-state index contributed by atoms with van der Waals surface area (Å²) in [7, 11) is 3.50. The predicted molar refractivity (Wildman–Crippen MR) is 172 cm³/mol. The Morgan fingerprint density at radius 3 is 2.57 bits per heavy atom. The monoisotopic (exact) mass is 627 g/mol. The van der Waals surface area contributed by atoms with Crippen molar-refractivity contribution >= 4 is 29.1 Å². The number of hydrogen-bond acceptors (Lipinski definition) is 7. The number of fused-ring (bicyclic) bond motifs is 3. The molecule has 1 aliphatic carbocycles. The van der Waals surface area contributed by atoms with E-state index in [1.54, 1.807) is 28.9 Å². The number of nitrogens with zero attached hydrogens (tertiary/aromatic N) is 6. The van der Waals surface area contributed by atoms with Crippen molar-refractivity contribution in [2.75, 3.05) is 29.9 Å². The summed E-state index contributed by atoms with van der Waals surface area (Å²) < 4.78 is 26.3. The number of likely N-dealkylation sites (tertiary alicyclic amines) is 1. The number of pyridine rings is 1. The summed E-state index contributed by atoms with van der Waals surface area (Å²) in [5.41, 5.74) is 5.79. The van der Waals surface area contributed by atoms with Crippen molar-refractivity contribution in [2.45, 2.75) is 58.7 Å². The first-order valence-corrected chi connectivity index (χ1v) is 15.9. The molecule has 1 aromatic carbocycles. The number of esters is 1. The molecular formula is C34H38FN7O4. The minimum atomic E-state index is -0.548. The molecule has 11 nitrogen and oxygen atoms in total. The van der Waals surface area contributed by atoms with Gasteiger partial charge < -0.3 is 24.1 Å². The van der Waals surface area contributed by atoms with Crippen LogP contribution in [0, 0.1) is 5.82 Å². The van der Waals surface area contributed by atoms with Gasteiger partial charge in [0.05, 0.1) is 11.4 Å². The molecule has 1 N–H and O–H groups in total. The summed E-state index contributed by atoms with van der Waals surface area (Å²) in [4.78, 5) is 43.1. The van der Waals surface area contributed by atoms with Crippen LogP contribution in [0.3, 0.4) is 0 Å². The molecule has 2 aliphatic heterocycles. The highest BCUT2D eigenvalue weighted by Gasteiger charge is 2.32. The average Bonchev–Trinajstić information content (AvgIpc) is 3.56. The van der Waals surface area contributed by atoms with Gasteiger partial charge in [-0.2, -0.15) is 5.10 Å². The highest BCUT2D eigenvalue weighted by Crippen LogP contribution is 2.37. The van der Waals surface area contributed by atoms with Gasteiger partial charge in [0.15, 0.2) is 5.82 Å². The van der Waals surface area contributed by atoms with Gasteiger partial charge in [0.2, 0.25) is 0 Å². The van der Waals surface area contributed by atoms with Crippen molar-refractivity contribution in [3.05, 3.63) is 80.9 Å². The summed E-state index contributed by atoms with van der Waals surface area (Å²) in [5.74, 6) is -0.738. The Balaban J connectivity index is 1.27.